The largest absolute Gasteiger partial charge is 0.493 e. The minimum atomic E-state index is -1.12. The summed E-state index contributed by atoms with van der Waals surface area (Å²) in [5.41, 5.74) is 4.15. The first-order valence-corrected chi connectivity index (χ1v) is 12.3. The number of para-hydroxylation sites is 1. The summed E-state index contributed by atoms with van der Waals surface area (Å²) in [5, 5.41) is 13.9. The molecule has 0 saturated carbocycles. The molecule has 0 unspecified atom stereocenters. The third-order valence-electron chi connectivity index (χ3n) is 5.24. The lowest BCUT2D eigenvalue weighted by molar-refractivity contribution is -0.140. The van der Waals surface area contributed by atoms with Crippen LogP contribution in [0.3, 0.4) is 0 Å². The van der Waals surface area contributed by atoms with Gasteiger partial charge in [0.1, 0.15) is 22.3 Å². The minimum Gasteiger partial charge on any atom is -0.493 e. The smallest absolute Gasteiger partial charge is 0.323 e. The molecule has 1 saturated heterocycles. The number of aliphatic carboxylic acids is 1. The zero-order chi connectivity index (χ0) is 25.1. The topological polar surface area (TPSA) is 84.7 Å². The van der Waals surface area contributed by atoms with Crippen molar-refractivity contribution < 1.29 is 19.4 Å². The Balaban J connectivity index is 1.75. The van der Waals surface area contributed by atoms with E-state index in [4.69, 9.17) is 27.2 Å². The summed E-state index contributed by atoms with van der Waals surface area (Å²) in [4.78, 5) is 25.5. The summed E-state index contributed by atoms with van der Waals surface area (Å²) in [6.45, 7) is 6.36. The van der Waals surface area contributed by atoms with Crippen LogP contribution in [0.2, 0.25) is 0 Å². The highest BCUT2D eigenvalue weighted by atomic mass is 32.2. The first-order valence-electron chi connectivity index (χ1n) is 11.1. The van der Waals surface area contributed by atoms with Crippen molar-refractivity contribution in [1.82, 2.24) is 14.7 Å². The fourth-order valence-electron chi connectivity index (χ4n) is 3.56. The summed E-state index contributed by atoms with van der Waals surface area (Å²) in [6.07, 6.45) is 3.58. The number of aromatic nitrogens is 2. The van der Waals surface area contributed by atoms with E-state index < -0.39 is 18.4 Å². The van der Waals surface area contributed by atoms with E-state index in [1.807, 2.05) is 61.7 Å². The van der Waals surface area contributed by atoms with Gasteiger partial charge < -0.3 is 9.84 Å². The molecule has 35 heavy (non-hydrogen) atoms. The number of thioether (sulfide) groups is 1. The van der Waals surface area contributed by atoms with E-state index in [1.165, 1.54) is 0 Å². The third-order valence-corrected chi connectivity index (χ3v) is 6.62. The van der Waals surface area contributed by atoms with E-state index in [0.717, 1.165) is 44.8 Å². The highest BCUT2D eigenvalue weighted by Crippen LogP contribution is 2.35. The molecule has 1 N–H and O–H groups in total. The summed E-state index contributed by atoms with van der Waals surface area (Å²) in [6, 6.07) is 15.6. The van der Waals surface area contributed by atoms with Gasteiger partial charge in [-0.05, 0) is 54.8 Å². The van der Waals surface area contributed by atoms with Crippen LogP contribution < -0.4 is 4.74 Å². The highest BCUT2D eigenvalue weighted by molar-refractivity contribution is 8.26. The van der Waals surface area contributed by atoms with Gasteiger partial charge in [0.2, 0.25) is 0 Å². The Morgan fingerprint density at radius 1 is 1.23 bits per heavy atom. The van der Waals surface area contributed by atoms with Crippen LogP contribution in [-0.4, -0.2) is 49.1 Å². The van der Waals surface area contributed by atoms with Crippen molar-refractivity contribution in [3.63, 3.8) is 0 Å². The number of rotatable bonds is 8. The molecule has 0 atom stereocenters. The molecule has 1 aliphatic rings. The molecule has 1 aromatic heterocycles. The molecule has 1 amide bonds. The summed E-state index contributed by atoms with van der Waals surface area (Å²) in [7, 11) is 0. The molecule has 4 rings (SSSR count). The number of hydrogen-bond acceptors (Lipinski definition) is 6. The number of amides is 1. The monoisotopic (exact) mass is 507 g/mol. The molecule has 0 bridgehead atoms. The van der Waals surface area contributed by atoms with Gasteiger partial charge in [0.05, 0.1) is 17.2 Å². The minimum absolute atomic E-state index is 0.225. The summed E-state index contributed by atoms with van der Waals surface area (Å²) in [5.74, 6) is -0.298. The van der Waals surface area contributed by atoms with Gasteiger partial charge >= 0.3 is 5.97 Å². The molecular formula is C26H25N3O4S2. The molecule has 7 nitrogen and oxygen atoms in total. The number of thiocarbonyl (C=S) groups is 1. The summed E-state index contributed by atoms with van der Waals surface area (Å²) >= 11 is 6.33. The quantitative estimate of drug-likeness (QED) is 0.333. The fraction of sp³-hybridized carbons (Fsp3) is 0.231. The van der Waals surface area contributed by atoms with Crippen molar-refractivity contribution in [2.45, 2.75) is 20.8 Å². The lowest BCUT2D eigenvalue weighted by atomic mass is 10.0. The SMILES string of the molecule is Cc1cc(-c2nn(-c3ccccc3)cc2/C=C2/SC(=S)N(CC(=O)O)C2=O)ccc1OCC(C)C. The number of carboxylic acids is 1. The Kier molecular flexibility index (Phi) is 7.37. The van der Waals surface area contributed by atoms with E-state index >= 15 is 0 Å². The Labute approximate surface area is 213 Å². The Bertz CT molecular complexity index is 1320. The van der Waals surface area contributed by atoms with Crippen molar-refractivity contribution in [3.8, 4) is 22.7 Å². The molecule has 1 fully saturated rings. The number of carboxylic acid groups (broad SMARTS) is 1. The number of ether oxygens (including phenoxy) is 1. The zero-order valence-corrected chi connectivity index (χ0v) is 21.2. The maximum absolute atomic E-state index is 12.8. The number of aryl methyl sites for hydroxylation is 1. The van der Waals surface area contributed by atoms with Crippen LogP contribution in [0.5, 0.6) is 5.75 Å². The Morgan fingerprint density at radius 2 is 1.97 bits per heavy atom. The van der Waals surface area contributed by atoms with Crippen LogP contribution in [0.1, 0.15) is 25.0 Å². The van der Waals surface area contributed by atoms with Crippen molar-refractivity contribution >= 4 is 46.3 Å². The van der Waals surface area contributed by atoms with Gasteiger partial charge in [-0.3, -0.25) is 14.5 Å². The number of carbonyl (C=O) groups excluding carboxylic acids is 1. The highest BCUT2D eigenvalue weighted by Gasteiger charge is 2.33. The molecular weight excluding hydrogens is 482 g/mol. The summed E-state index contributed by atoms with van der Waals surface area (Å²) < 4.78 is 7.90. The maximum Gasteiger partial charge on any atom is 0.323 e. The lowest BCUT2D eigenvalue weighted by Crippen LogP contribution is -2.33. The second-order valence-electron chi connectivity index (χ2n) is 8.56. The molecule has 180 valence electrons. The van der Waals surface area contributed by atoms with Crippen molar-refractivity contribution in [3.05, 3.63) is 70.8 Å². The Hall–Kier alpha value is -3.43. The van der Waals surface area contributed by atoms with Crippen LogP contribution in [0.15, 0.2) is 59.6 Å². The first kappa shape index (κ1) is 24.7. The second kappa shape index (κ2) is 10.5. The van der Waals surface area contributed by atoms with Gasteiger partial charge in [0, 0.05) is 17.3 Å². The molecule has 3 aromatic rings. The third kappa shape index (κ3) is 5.63. The maximum atomic E-state index is 12.8. The van der Waals surface area contributed by atoms with Crippen molar-refractivity contribution in [2.24, 2.45) is 5.92 Å². The van der Waals surface area contributed by atoms with Gasteiger partial charge in [-0.2, -0.15) is 5.10 Å². The van der Waals surface area contributed by atoms with Crippen LogP contribution in [0, 0.1) is 12.8 Å². The van der Waals surface area contributed by atoms with Crippen LogP contribution >= 0.6 is 24.0 Å². The Morgan fingerprint density at radius 3 is 2.63 bits per heavy atom. The predicted molar refractivity (Wildman–Crippen MR) is 142 cm³/mol. The molecule has 1 aliphatic heterocycles. The molecule has 2 heterocycles. The number of hydrogen-bond donors (Lipinski definition) is 1. The van der Waals surface area contributed by atoms with Gasteiger partial charge in [-0.25, -0.2) is 4.68 Å². The fourth-order valence-corrected chi connectivity index (χ4v) is 4.80. The molecule has 0 spiro atoms. The van der Waals surface area contributed by atoms with Gasteiger partial charge in [0.15, 0.2) is 0 Å². The van der Waals surface area contributed by atoms with E-state index in [0.29, 0.717) is 23.1 Å². The second-order valence-corrected chi connectivity index (χ2v) is 10.2. The number of nitrogens with zero attached hydrogens (tertiary/aromatic N) is 3. The van der Waals surface area contributed by atoms with Gasteiger partial charge in [-0.15, -0.1) is 0 Å². The van der Waals surface area contributed by atoms with Gasteiger partial charge in [0.25, 0.3) is 5.91 Å². The van der Waals surface area contributed by atoms with Crippen molar-refractivity contribution in [2.75, 3.05) is 13.2 Å². The van der Waals surface area contributed by atoms with Crippen LogP contribution in [0.4, 0.5) is 0 Å². The molecule has 0 radical (unpaired) electrons. The van der Waals surface area contributed by atoms with E-state index in [9.17, 15) is 9.59 Å². The zero-order valence-electron chi connectivity index (χ0n) is 19.6. The van der Waals surface area contributed by atoms with Crippen LogP contribution in [0.25, 0.3) is 23.0 Å². The standard InChI is InChI=1S/C26H25N3O4S2/c1-16(2)15-33-21-10-9-18(11-17(21)3)24-19(13-29(27-24)20-7-5-4-6-8-20)12-22-25(32)28(14-23(30)31)26(34)35-22/h4-13,16H,14-15H2,1-3H3,(H,30,31)/b22-12+. The lowest BCUT2D eigenvalue weighted by Gasteiger charge is -2.12. The van der Waals surface area contributed by atoms with Crippen molar-refractivity contribution in [1.29, 1.82) is 0 Å². The van der Waals surface area contributed by atoms with Gasteiger partial charge in [-0.1, -0.05) is 56.0 Å². The van der Waals surface area contributed by atoms with Crippen LogP contribution in [-0.2, 0) is 9.59 Å². The molecule has 0 aliphatic carbocycles. The average Bonchev–Trinajstić information content (AvgIpc) is 3.35. The van der Waals surface area contributed by atoms with E-state index in [1.54, 1.807) is 10.8 Å². The normalized spacial score (nSPS) is 14.9. The van der Waals surface area contributed by atoms with E-state index in [-0.39, 0.29) is 4.32 Å². The molecule has 9 heteroatoms. The average molecular weight is 508 g/mol. The predicted octanol–water partition coefficient (Wildman–Crippen LogP) is 5.17. The number of benzene rings is 2. The van der Waals surface area contributed by atoms with E-state index in [2.05, 4.69) is 13.8 Å². The number of carbonyl (C=O) groups is 2. The first-order chi connectivity index (χ1) is 16.7. The molecule has 2 aromatic carbocycles.